The first-order valence-electron chi connectivity index (χ1n) is 10.9. The number of nitrogens with zero attached hydrogens (tertiary/aromatic N) is 2. The van der Waals surface area contributed by atoms with Gasteiger partial charge in [-0.1, -0.05) is 35.9 Å². The lowest BCUT2D eigenvalue weighted by molar-refractivity contribution is 0.439. The van der Waals surface area contributed by atoms with E-state index in [1.54, 1.807) is 6.20 Å². The Bertz CT molecular complexity index is 1310. The second kappa shape index (κ2) is 8.65. The topological polar surface area (TPSA) is 41.3 Å². The Morgan fingerprint density at radius 1 is 0.970 bits per heavy atom. The maximum atomic E-state index is 6.43. The van der Waals surface area contributed by atoms with E-state index in [0.717, 1.165) is 39.1 Å². The number of furan rings is 1. The molecule has 0 bridgehead atoms. The van der Waals surface area contributed by atoms with Crippen LogP contribution in [0.15, 0.2) is 77.3 Å². The SMILES string of the molecule is Cc1cc(C)cc(N2C(=S)N[C@H](c3ccccn3)[C@@H]2c2ccc(-c3ccc(C)c(Cl)c3)o2)c1. The van der Waals surface area contributed by atoms with Gasteiger partial charge in [0.1, 0.15) is 17.6 Å². The molecular weight excluding hydrogens is 450 g/mol. The summed E-state index contributed by atoms with van der Waals surface area (Å²) in [5.41, 5.74) is 6.29. The van der Waals surface area contributed by atoms with Crippen LogP contribution >= 0.6 is 23.8 Å². The fourth-order valence-electron chi connectivity index (χ4n) is 4.42. The van der Waals surface area contributed by atoms with Crippen LogP contribution in [0.1, 0.15) is 40.2 Å². The van der Waals surface area contributed by atoms with Gasteiger partial charge in [-0.3, -0.25) is 4.98 Å². The van der Waals surface area contributed by atoms with Gasteiger partial charge < -0.3 is 14.6 Å². The Hall–Kier alpha value is -3.15. The number of aryl methyl sites for hydroxylation is 3. The summed E-state index contributed by atoms with van der Waals surface area (Å²) in [5.74, 6) is 1.58. The van der Waals surface area contributed by atoms with E-state index < -0.39 is 0 Å². The van der Waals surface area contributed by atoms with E-state index in [1.165, 1.54) is 11.1 Å². The fraction of sp³-hybridized carbons (Fsp3) is 0.185. The zero-order valence-electron chi connectivity index (χ0n) is 18.7. The number of aromatic nitrogens is 1. The number of nitrogens with one attached hydrogen (secondary N) is 1. The number of pyridine rings is 1. The molecule has 1 aliphatic heterocycles. The van der Waals surface area contributed by atoms with Crippen molar-refractivity contribution in [3.8, 4) is 11.3 Å². The van der Waals surface area contributed by atoms with Gasteiger partial charge in [0, 0.05) is 22.5 Å². The van der Waals surface area contributed by atoms with Gasteiger partial charge in [0.2, 0.25) is 0 Å². The molecule has 6 heteroatoms. The summed E-state index contributed by atoms with van der Waals surface area (Å²) >= 11 is 12.2. The van der Waals surface area contributed by atoms with Crippen molar-refractivity contribution in [3.05, 3.63) is 106 Å². The zero-order chi connectivity index (χ0) is 23.1. The van der Waals surface area contributed by atoms with Gasteiger partial charge in [0.25, 0.3) is 0 Å². The van der Waals surface area contributed by atoms with Crippen LogP contribution in [0.25, 0.3) is 11.3 Å². The number of thiocarbonyl (C=S) groups is 1. The second-order valence-electron chi connectivity index (χ2n) is 8.51. The highest BCUT2D eigenvalue weighted by atomic mass is 35.5. The van der Waals surface area contributed by atoms with E-state index in [2.05, 4.69) is 47.2 Å². The molecule has 0 aliphatic carbocycles. The second-order valence-corrected chi connectivity index (χ2v) is 9.30. The Labute approximate surface area is 204 Å². The molecule has 2 atom stereocenters. The molecule has 1 saturated heterocycles. The van der Waals surface area contributed by atoms with E-state index in [4.69, 9.17) is 28.2 Å². The molecule has 0 spiro atoms. The summed E-state index contributed by atoms with van der Waals surface area (Å²) in [6.45, 7) is 6.19. The van der Waals surface area contributed by atoms with Gasteiger partial charge in [-0.25, -0.2) is 0 Å². The van der Waals surface area contributed by atoms with E-state index >= 15 is 0 Å². The Balaban J connectivity index is 1.61. The first-order valence-corrected chi connectivity index (χ1v) is 11.6. The summed E-state index contributed by atoms with van der Waals surface area (Å²) in [5, 5.41) is 4.86. The van der Waals surface area contributed by atoms with E-state index in [1.807, 2.05) is 55.5 Å². The Morgan fingerprint density at radius 3 is 2.45 bits per heavy atom. The third kappa shape index (κ3) is 4.14. The molecule has 4 nitrogen and oxygen atoms in total. The first kappa shape index (κ1) is 21.7. The minimum Gasteiger partial charge on any atom is -0.459 e. The predicted molar refractivity (Wildman–Crippen MR) is 138 cm³/mol. The molecule has 0 radical (unpaired) electrons. The highest BCUT2D eigenvalue weighted by molar-refractivity contribution is 7.80. The average Bonchev–Trinajstić information content (AvgIpc) is 3.40. The minimum atomic E-state index is -0.191. The molecule has 0 saturated carbocycles. The van der Waals surface area contributed by atoms with Crippen molar-refractivity contribution in [1.29, 1.82) is 0 Å². The van der Waals surface area contributed by atoms with Crippen molar-refractivity contribution in [2.45, 2.75) is 32.9 Å². The van der Waals surface area contributed by atoms with Gasteiger partial charge in [0.05, 0.1) is 11.7 Å². The Kier molecular flexibility index (Phi) is 5.69. The van der Waals surface area contributed by atoms with Crippen molar-refractivity contribution in [3.63, 3.8) is 0 Å². The smallest absolute Gasteiger partial charge is 0.174 e. The quantitative estimate of drug-likeness (QED) is 0.320. The van der Waals surface area contributed by atoms with Gasteiger partial charge in [-0.2, -0.15) is 0 Å². The summed E-state index contributed by atoms with van der Waals surface area (Å²) in [6, 6.07) is 22.0. The van der Waals surface area contributed by atoms with Crippen LogP contribution in [0.5, 0.6) is 0 Å². The number of hydrogen-bond acceptors (Lipinski definition) is 3. The molecule has 33 heavy (non-hydrogen) atoms. The lowest BCUT2D eigenvalue weighted by atomic mass is 10.0. The van der Waals surface area contributed by atoms with Crippen LogP contribution in [-0.2, 0) is 0 Å². The molecule has 0 amide bonds. The van der Waals surface area contributed by atoms with Gasteiger partial charge in [-0.15, -0.1) is 0 Å². The number of hydrogen-bond donors (Lipinski definition) is 1. The summed E-state index contributed by atoms with van der Waals surface area (Å²) < 4.78 is 6.43. The van der Waals surface area contributed by atoms with Crippen LogP contribution < -0.4 is 10.2 Å². The molecule has 5 rings (SSSR count). The van der Waals surface area contributed by atoms with E-state index in [-0.39, 0.29) is 12.1 Å². The number of benzene rings is 2. The molecule has 166 valence electrons. The highest BCUT2D eigenvalue weighted by Gasteiger charge is 2.42. The summed E-state index contributed by atoms with van der Waals surface area (Å²) in [7, 11) is 0. The predicted octanol–water partition coefficient (Wildman–Crippen LogP) is 7.10. The number of rotatable bonds is 4. The van der Waals surface area contributed by atoms with Crippen molar-refractivity contribution in [2.75, 3.05) is 4.90 Å². The third-order valence-electron chi connectivity index (χ3n) is 5.96. The monoisotopic (exact) mass is 473 g/mol. The lowest BCUT2D eigenvalue weighted by Gasteiger charge is -2.26. The number of halogens is 1. The molecule has 4 aromatic rings. The molecule has 0 unspecified atom stereocenters. The normalized spacial score (nSPS) is 17.9. The van der Waals surface area contributed by atoms with Gasteiger partial charge in [0.15, 0.2) is 5.11 Å². The maximum Gasteiger partial charge on any atom is 0.174 e. The van der Waals surface area contributed by atoms with Crippen LogP contribution in [0.3, 0.4) is 0 Å². The zero-order valence-corrected chi connectivity index (χ0v) is 20.2. The first-order chi connectivity index (χ1) is 15.9. The van der Waals surface area contributed by atoms with Gasteiger partial charge in [-0.05, 0) is 92.1 Å². The molecule has 3 heterocycles. The van der Waals surface area contributed by atoms with Crippen LogP contribution in [-0.4, -0.2) is 10.1 Å². The molecule has 1 N–H and O–H groups in total. The minimum absolute atomic E-state index is 0.153. The van der Waals surface area contributed by atoms with Crippen molar-refractivity contribution < 1.29 is 4.42 Å². The van der Waals surface area contributed by atoms with Crippen molar-refractivity contribution >= 4 is 34.6 Å². The van der Waals surface area contributed by atoms with Crippen LogP contribution in [0.2, 0.25) is 5.02 Å². The Morgan fingerprint density at radius 2 is 1.76 bits per heavy atom. The number of anilines is 1. The van der Waals surface area contributed by atoms with Crippen molar-refractivity contribution in [2.24, 2.45) is 0 Å². The van der Waals surface area contributed by atoms with Gasteiger partial charge >= 0.3 is 0 Å². The third-order valence-corrected chi connectivity index (χ3v) is 6.68. The van der Waals surface area contributed by atoms with E-state index in [0.29, 0.717) is 5.11 Å². The molecular formula is C27H24ClN3OS. The summed E-state index contributed by atoms with van der Waals surface area (Å²) in [4.78, 5) is 6.75. The highest BCUT2D eigenvalue weighted by Crippen LogP contribution is 2.43. The molecule has 1 fully saturated rings. The van der Waals surface area contributed by atoms with Crippen LogP contribution in [0, 0.1) is 20.8 Å². The molecule has 2 aromatic heterocycles. The molecule has 2 aromatic carbocycles. The van der Waals surface area contributed by atoms with E-state index in [9.17, 15) is 0 Å². The van der Waals surface area contributed by atoms with Crippen molar-refractivity contribution in [1.82, 2.24) is 10.3 Å². The standard InChI is InChI=1S/C27H24ClN3OS/c1-16-12-17(2)14-20(13-16)31-26(25(30-27(31)33)22-6-4-5-11-29-22)24-10-9-23(32-24)19-8-7-18(3)21(28)15-19/h4-15,25-26H,1-3H3,(H,30,33)/t25-,26+/m1/s1. The average molecular weight is 474 g/mol. The maximum absolute atomic E-state index is 6.43. The largest absolute Gasteiger partial charge is 0.459 e. The van der Waals surface area contributed by atoms with Crippen LogP contribution in [0.4, 0.5) is 5.69 Å². The summed E-state index contributed by atoms with van der Waals surface area (Å²) in [6.07, 6.45) is 1.80. The fourth-order valence-corrected chi connectivity index (χ4v) is 4.95. The lowest BCUT2D eigenvalue weighted by Crippen LogP contribution is -2.29. The molecule has 1 aliphatic rings.